The average Bonchev–Trinajstić information content (AvgIpc) is 2.71. The van der Waals surface area contributed by atoms with Crippen molar-refractivity contribution < 1.29 is 10.2 Å². The fourth-order valence-electron chi connectivity index (χ4n) is 3.19. The smallest absolute Gasteiger partial charge is 0.261 e. The first-order chi connectivity index (χ1) is 13.5. The van der Waals surface area contributed by atoms with Gasteiger partial charge in [0, 0.05) is 16.6 Å². The van der Waals surface area contributed by atoms with Crippen LogP contribution in [0.4, 0.5) is 0 Å². The standard InChI is InChI=1S/C22H17BrN2O3/c23-17-8-4-7-16-20(17)24-21(15-5-2-1-3-6-15)25(22(16)28)12-11-14-9-10-18(26)19(27)13-14/h1-10,13,26-27H,11-12H2. The number of benzene rings is 3. The van der Waals surface area contributed by atoms with E-state index in [0.29, 0.717) is 29.7 Å². The molecule has 0 spiro atoms. The molecule has 0 bridgehead atoms. The third kappa shape index (κ3) is 3.39. The lowest BCUT2D eigenvalue weighted by Crippen LogP contribution is -2.24. The van der Waals surface area contributed by atoms with Gasteiger partial charge in [-0.3, -0.25) is 9.36 Å². The maximum absolute atomic E-state index is 13.2. The highest BCUT2D eigenvalue weighted by Gasteiger charge is 2.14. The summed E-state index contributed by atoms with van der Waals surface area (Å²) in [6, 6.07) is 19.7. The number of aromatic hydroxyl groups is 2. The van der Waals surface area contributed by atoms with Gasteiger partial charge in [0.05, 0.1) is 10.9 Å². The van der Waals surface area contributed by atoms with Crippen molar-refractivity contribution >= 4 is 26.8 Å². The number of phenols is 2. The second kappa shape index (κ2) is 7.48. The topological polar surface area (TPSA) is 75.4 Å². The molecule has 5 nitrogen and oxygen atoms in total. The van der Waals surface area contributed by atoms with Crippen LogP contribution >= 0.6 is 15.9 Å². The second-order valence-electron chi connectivity index (χ2n) is 6.47. The molecule has 4 aromatic rings. The largest absolute Gasteiger partial charge is 0.504 e. The van der Waals surface area contributed by atoms with Gasteiger partial charge < -0.3 is 10.2 Å². The molecule has 140 valence electrons. The SMILES string of the molecule is O=c1c2cccc(Br)c2nc(-c2ccccc2)n1CCc1ccc(O)c(O)c1. The Morgan fingerprint density at radius 3 is 2.46 bits per heavy atom. The van der Waals surface area contributed by atoms with Crippen molar-refractivity contribution in [3.05, 3.63) is 87.1 Å². The molecule has 0 radical (unpaired) electrons. The van der Waals surface area contributed by atoms with E-state index >= 15 is 0 Å². The monoisotopic (exact) mass is 436 g/mol. The Labute approximate surface area is 169 Å². The predicted octanol–water partition coefficient (Wildman–Crippen LogP) is 4.48. The molecule has 4 rings (SSSR count). The van der Waals surface area contributed by atoms with Gasteiger partial charge in [-0.2, -0.15) is 0 Å². The number of para-hydroxylation sites is 1. The van der Waals surface area contributed by atoms with Crippen LogP contribution in [0.3, 0.4) is 0 Å². The number of hydrogen-bond donors (Lipinski definition) is 2. The van der Waals surface area contributed by atoms with Gasteiger partial charge in [-0.15, -0.1) is 0 Å². The minimum atomic E-state index is -0.173. The van der Waals surface area contributed by atoms with Crippen molar-refractivity contribution in [2.24, 2.45) is 0 Å². The average molecular weight is 437 g/mol. The first-order valence-corrected chi connectivity index (χ1v) is 9.59. The number of aryl methyl sites for hydroxylation is 1. The molecule has 1 heterocycles. The summed E-state index contributed by atoms with van der Waals surface area (Å²) in [4.78, 5) is 18.0. The summed E-state index contributed by atoms with van der Waals surface area (Å²) in [5, 5.41) is 19.8. The Bertz CT molecular complexity index is 1220. The van der Waals surface area contributed by atoms with Crippen LogP contribution in [-0.2, 0) is 13.0 Å². The Kier molecular flexibility index (Phi) is 4.88. The molecule has 3 aromatic carbocycles. The van der Waals surface area contributed by atoms with Gasteiger partial charge in [0.15, 0.2) is 11.5 Å². The van der Waals surface area contributed by atoms with Crippen LogP contribution in [0.15, 0.2) is 76.0 Å². The number of hydrogen-bond acceptors (Lipinski definition) is 4. The van der Waals surface area contributed by atoms with Crippen molar-refractivity contribution in [1.82, 2.24) is 9.55 Å². The summed E-state index contributed by atoms with van der Waals surface area (Å²) >= 11 is 3.49. The lowest BCUT2D eigenvalue weighted by Gasteiger charge is -2.14. The van der Waals surface area contributed by atoms with E-state index in [4.69, 9.17) is 4.98 Å². The summed E-state index contributed by atoms with van der Waals surface area (Å²) in [5.41, 5.74) is 2.18. The molecule has 0 unspecified atom stereocenters. The highest BCUT2D eigenvalue weighted by Crippen LogP contribution is 2.26. The normalized spacial score (nSPS) is 11.0. The quantitative estimate of drug-likeness (QED) is 0.462. The van der Waals surface area contributed by atoms with E-state index < -0.39 is 0 Å². The summed E-state index contributed by atoms with van der Waals surface area (Å²) in [6.45, 7) is 0.392. The van der Waals surface area contributed by atoms with E-state index in [1.165, 1.54) is 12.1 Å². The maximum Gasteiger partial charge on any atom is 0.261 e. The van der Waals surface area contributed by atoms with Gasteiger partial charge in [-0.25, -0.2) is 4.98 Å². The van der Waals surface area contributed by atoms with Gasteiger partial charge in [0.2, 0.25) is 0 Å². The van der Waals surface area contributed by atoms with Crippen LogP contribution in [-0.4, -0.2) is 19.8 Å². The van der Waals surface area contributed by atoms with Gasteiger partial charge in [0.25, 0.3) is 5.56 Å². The number of fused-ring (bicyclic) bond motifs is 1. The predicted molar refractivity (Wildman–Crippen MR) is 113 cm³/mol. The van der Waals surface area contributed by atoms with E-state index in [0.717, 1.165) is 15.6 Å². The van der Waals surface area contributed by atoms with E-state index in [9.17, 15) is 15.0 Å². The van der Waals surface area contributed by atoms with Crippen molar-refractivity contribution in [3.63, 3.8) is 0 Å². The first kappa shape index (κ1) is 18.3. The van der Waals surface area contributed by atoms with E-state index in [1.807, 2.05) is 42.5 Å². The molecular formula is C22H17BrN2O3. The van der Waals surface area contributed by atoms with Crippen LogP contribution in [0.2, 0.25) is 0 Å². The Morgan fingerprint density at radius 2 is 1.71 bits per heavy atom. The van der Waals surface area contributed by atoms with E-state index in [1.54, 1.807) is 16.7 Å². The highest BCUT2D eigenvalue weighted by molar-refractivity contribution is 9.10. The zero-order valence-corrected chi connectivity index (χ0v) is 16.4. The molecule has 0 aliphatic rings. The van der Waals surface area contributed by atoms with Crippen LogP contribution < -0.4 is 5.56 Å². The van der Waals surface area contributed by atoms with Crippen LogP contribution in [0.5, 0.6) is 11.5 Å². The molecule has 0 atom stereocenters. The highest BCUT2D eigenvalue weighted by atomic mass is 79.9. The molecule has 1 aromatic heterocycles. The Morgan fingerprint density at radius 1 is 0.929 bits per heavy atom. The molecule has 0 fully saturated rings. The van der Waals surface area contributed by atoms with Crippen LogP contribution in [0.1, 0.15) is 5.56 Å². The lowest BCUT2D eigenvalue weighted by molar-refractivity contribution is 0.403. The number of halogens is 1. The van der Waals surface area contributed by atoms with Gasteiger partial charge in [-0.05, 0) is 52.2 Å². The lowest BCUT2D eigenvalue weighted by atomic mass is 10.1. The number of rotatable bonds is 4. The van der Waals surface area contributed by atoms with E-state index in [-0.39, 0.29) is 17.1 Å². The molecule has 0 saturated carbocycles. The third-order valence-corrected chi connectivity index (χ3v) is 5.27. The molecule has 0 amide bonds. The van der Waals surface area contributed by atoms with Crippen molar-refractivity contribution in [3.8, 4) is 22.9 Å². The fourth-order valence-corrected chi connectivity index (χ4v) is 3.64. The van der Waals surface area contributed by atoms with E-state index in [2.05, 4.69) is 15.9 Å². The molecule has 2 N–H and O–H groups in total. The van der Waals surface area contributed by atoms with Gasteiger partial charge >= 0.3 is 0 Å². The Balaban J connectivity index is 1.84. The third-order valence-electron chi connectivity index (χ3n) is 4.63. The fraction of sp³-hybridized carbons (Fsp3) is 0.0909. The minimum absolute atomic E-state index is 0.117. The zero-order chi connectivity index (χ0) is 19.7. The molecule has 0 aliphatic carbocycles. The van der Waals surface area contributed by atoms with Crippen LogP contribution in [0.25, 0.3) is 22.3 Å². The first-order valence-electron chi connectivity index (χ1n) is 8.80. The molecule has 0 saturated heterocycles. The molecular weight excluding hydrogens is 420 g/mol. The minimum Gasteiger partial charge on any atom is -0.504 e. The molecule has 6 heteroatoms. The van der Waals surface area contributed by atoms with Gasteiger partial charge in [0.1, 0.15) is 5.82 Å². The summed E-state index contributed by atoms with van der Waals surface area (Å²) < 4.78 is 2.43. The van der Waals surface area contributed by atoms with Crippen molar-refractivity contribution in [2.45, 2.75) is 13.0 Å². The van der Waals surface area contributed by atoms with Crippen molar-refractivity contribution in [2.75, 3.05) is 0 Å². The van der Waals surface area contributed by atoms with Crippen LogP contribution in [0, 0.1) is 0 Å². The number of nitrogens with zero attached hydrogens (tertiary/aromatic N) is 2. The Hall–Kier alpha value is -3.12. The maximum atomic E-state index is 13.2. The number of aromatic nitrogens is 2. The molecule has 28 heavy (non-hydrogen) atoms. The summed E-state index contributed by atoms with van der Waals surface area (Å²) in [6.07, 6.45) is 0.509. The number of phenolic OH excluding ortho intramolecular Hbond substituents is 2. The van der Waals surface area contributed by atoms with Crippen molar-refractivity contribution in [1.29, 1.82) is 0 Å². The summed E-state index contributed by atoms with van der Waals surface area (Å²) in [7, 11) is 0. The zero-order valence-electron chi connectivity index (χ0n) is 14.8. The molecule has 0 aliphatic heterocycles. The summed E-state index contributed by atoms with van der Waals surface area (Å²) in [5.74, 6) is 0.254. The van der Waals surface area contributed by atoms with Gasteiger partial charge in [-0.1, -0.05) is 42.5 Å². The second-order valence-corrected chi connectivity index (χ2v) is 7.32.